The number of likely N-dealkylation sites (N-methyl/N-ethyl adjacent to an activating group) is 1. The number of halogens is 2. The van der Waals surface area contributed by atoms with Gasteiger partial charge in [0, 0.05) is 27.4 Å². The molecular formula is C15H20Br2N4. The number of aromatic nitrogens is 3. The molecule has 0 aliphatic carbocycles. The number of nitrogens with zero attached hydrogens (tertiary/aromatic N) is 3. The van der Waals surface area contributed by atoms with Gasteiger partial charge in [-0.05, 0) is 44.2 Å². The van der Waals surface area contributed by atoms with Gasteiger partial charge in [0.15, 0.2) is 0 Å². The number of rotatable bonds is 6. The summed E-state index contributed by atoms with van der Waals surface area (Å²) in [6.07, 6.45) is 2.45. The minimum atomic E-state index is 0.213. The van der Waals surface area contributed by atoms with Crippen LogP contribution in [0, 0.1) is 0 Å². The average Bonchev–Trinajstić information content (AvgIpc) is 2.85. The molecule has 1 heterocycles. The first-order valence-electron chi connectivity index (χ1n) is 7.09. The Hall–Kier alpha value is -0.720. The van der Waals surface area contributed by atoms with Gasteiger partial charge in [-0.25, -0.2) is 9.67 Å². The fraction of sp³-hybridized carbons (Fsp3) is 0.467. The van der Waals surface area contributed by atoms with Crippen LogP contribution in [0.2, 0.25) is 0 Å². The van der Waals surface area contributed by atoms with E-state index in [4.69, 9.17) is 0 Å². The molecule has 114 valence electrons. The maximum absolute atomic E-state index is 4.42. The quantitative estimate of drug-likeness (QED) is 0.765. The van der Waals surface area contributed by atoms with Crippen LogP contribution < -0.4 is 5.32 Å². The summed E-state index contributed by atoms with van der Waals surface area (Å²) >= 11 is 7.11. The lowest BCUT2D eigenvalue weighted by molar-refractivity contribution is 0.468. The molecule has 1 unspecified atom stereocenters. The Morgan fingerprint density at radius 1 is 1.19 bits per heavy atom. The summed E-state index contributed by atoms with van der Waals surface area (Å²) in [5.41, 5.74) is 1.23. The van der Waals surface area contributed by atoms with Gasteiger partial charge in [-0.2, -0.15) is 5.10 Å². The molecule has 1 atom stereocenters. The Balaban J connectivity index is 2.28. The van der Waals surface area contributed by atoms with Crippen LogP contribution in [-0.4, -0.2) is 21.3 Å². The summed E-state index contributed by atoms with van der Waals surface area (Å²) in [5, 5.41) is 7.85. The molecule has 0 saturated heterocycles. The highest BCUT2D eigenvalue weighted by Crippen LogP contribution is 2.26. The zero-order valence-electron chi connectivity index (χ0n) is 12.5. The Morgan fingerprint density at radius 2 is 1.86 bits per heavy atom. The van der Waals surface area contributed by atoms with E-state index in [2.05, 4.69) is 80.2 Å². The number of hydrogen-bond acceptors (Lipinski definition) is 3. The Bertz CT molecular complexity index is 575. The monoisotopic (exact) mass is 414 g/mol. The van der Waals surface area contributed by atoms with Gasteiger partial charge in [-0.15, -0.1) is 0 Å². The molecule has 4 nitrogen and oxygen atoms in total. The van der Waals surface area contributed by atoms with E-state index in [0.717, 1.165) is 27.7 Å². The van der Waals surface area contributed by atoms with Crippen molar-refractivity contribution in [3.63, 3.8) is 0 Å². The van der Waals surface area contributed by atoms with E-state index in [1.54, 1.807) is 6.33 Å². The largest absolute Gasteiger partial charge is 0.310 e. The molecule has 1 N–H and O–H groups in total. The van der Waals surface area contributed by atoms with Crippen LogP contribution in [0.25, 0.3) is 0 Å². The summed E-state index contributed by atoms with van der Waals surface area (Å²) in [6.45, 7) is 7.27. The van der Waals surface area contributed by atoms with E-state index in [0.29, 0.717) is 6.04 Å². The summed E-state index contributed by atoms with van der Waals surface area (Å²) in [5.74, 6) is 1.01. The summed E-state index contributed by atoms with van der Waals surface area (Å²) in [4.78, 5) is 4.42. The third kappa shape index (κ3) is 4.37. The van der Waals surface area contributed by atoms with Crippen LogP contribution in [-0.2, 0) is 6.42 Å². The lowest BCUT2D eigenvalue weighted by atomic mass is 10.0. The molecular weight excluding hydrogens is 396 g/mol. The van der Waals surface area contributed by atoms with Crippen molar-refractivity contribution in [3.8, 4) is 0 Å². The topological polar surface area (TPSA) is 42.7 Å². The molecule has 0 fully saturated rings. The van der Waals surface area contributed by atoms with Gasteiger partial charge in [0.05, 0.1) is 0 Å². The van der Waals surface area contributed by atoms with Crippen molar-refractivity contribution in [1.82, 2.24) is 20.1 Å². The summed E-state index contributed by atoms with van der Waals surface area (Å²) in [6, 6.07) is 6.87. The fourth-order valence-electron chi connectivity index (χ4n) is 2.36. The first-order valence-corrected chi connectivity index (χ1v) is 8.67. The van der Waals surface area contributed by atoms with E-state index in [1.165, 1.54) is 5.56 Å². The maximum Gasteiger partial charge on any atom is 0.138 e. The van der Waals surface area contributed by atoms with Crippen LogP contribution in [0.1, 0.15) is 44.2 Å². The van der Waals surface area contributed by atoms with Crippen molar-refractivity contribution in [1.29, 1.82) is 0 Å². The molecule has 6 heteroatoms. The minimum Gasteiger partial charge on any atom is -0.310 e. The highest BCUT2D eigenvalue weighted by atomic mass is 79.9. The molecule has 0 aliphatic rings. The molecule has 0 bridgehead atoms. The zero-order valence-corrected chi connectivity index (χ0v) is 15.6. The van der Waals surface area contributed by atoms with Crippen LogP contribution >= 0.6 is 31.9 Å². The summed E-state index contributed by atoms with van der Waals surface area (Å²) in [7, 11) is 0. The lowest BCUT2D eigenvalue weighted by Gasteiger charge is -2.20. The molecule has 1 aromatic carbocycles. The summed E-state index contributed by atoms with van der Waals surface area (Å²) < 4.78 is 4.12. The van der Waals surface area contributed by atoms with E-state index in [-0.39, 0.29) is 6.04 Å². The van der Waals surface area contributed by atoms with Crippen molar-refractivity contribution in [3.05, 3.63) is 44.9 Å². The number of hydrogen-bond donors (Lipinski definition) is 1. The predicted octanol–water partition coefficient (Wildman–Crippen LogP) is 4.28. The average molecular weight is 416 g/mol. The third-order valence-corrected chi connectivity index (χ3v) is 4.18. The SMILES string of the molecule is CCNC(Cc1ncnn1C(C)C)c1cc(Br)cc(Br)c1. The minimum absolute atomic E-state index is 0.213. The second-order valence-corrected chi connectivity index (χ2v) is 7.06. The van der Waals surface area contributed by atoms with Gasteiger partial charge in [-0.3, -0.25) is 0 Å². The van der Waals surface area contributed by atoms with Gasteiger partial charge in [0.25, 0.3) is 0 Å². The van der Waals surface area contributed by atoms with Gasteiger partial charge >= 0.3 is 0 Å². The van der Waals surface area contributed by atoms with Crippen molar-refractivity contribution >= 4 is 31.9 Å². The highest BCUT2D eigenvalue weighted by molar-refractivity contribution is 9.11. The van der Waals surface area contributed by atoms with Gasteiger partial charge in [0.1, 0.15) is 12.2 Å². The second kappa shape index (κ2) is 7.51. The number of nitrogens with one attached hydrogen (secondary N) is 1. The van der Waals surface area contributed by atoms with E-state index >= 15 is 0 Å². The molecule has 0 aliphatic heterocycles. The Morgan fingerprint density at radius 3 is 2.43 bits per heavy atom. The van der Waals surface area contributed by atoms with Crippen LogP contribution in [0.5, 0.6) is 0 Å². The molecule has 0 radical (unpaired) electrons. The van der Waals surface area contributed by atoms with Crippen molar-refractivity contribution in [2.75, 3.05) is 6.54 Å². The van der Waals surface area contributed by atoms with Crippen LogP contribution in [0.15, 0.2) is 33.5 Å². The normalized spacial score (nSPS) is 12.9. The molecule has 0 amide bonds. The Labute approximate surface area is 142 Å². The first kappa shape index (κ1) is 16.6. The van der Waals surface area contributed by atoms with Gasteiger partial charge in [-0.1, -0.05) is 38.8 Å². The van der Waals surface area contributed by atoms with Crippen molar-refractivity contribution in [2.45, 2.75) is 39.3 Å². The maximum atomic E-state index is 4.42. The molecule has 0 spiro atoms. The van der Waals surface area contributed by atoms with Gasteiger partial charge < -0.3 is 5.32 Å². The van der Waals surface area contributed by atoms with Crippen LogP contribution in [0.3, 0.4) is 0 Å². The smallest absolute Gasteiger partial charge is 0.138 e. The van der Waals surface area contributed by atoms with Gasteiger partial charge in [0.2, 0.25) is 0 Å². The van der Waals surface area contributed by atoms with Crippen molar-refractivity contribution < 1.29 is 0 Å². The fourth-order valence-corrected chi connectivity index (χ4v) is 3.69. The molecule has 0 saturated carbocycles. The molecule has 2 rings (SSSR count). The second-order valence-electron chi connectivity index (χ2n) is 5.23. The van der Waals surface area contributed by atoms with E-state index < -0.39 is 0 Å². The van der Waals surface area contributed by atoms with Crippen molar-refractivity contribution in [2.24, 2.45) is 0 Å². The van der Waals surface area contributed by atoms with E-state index in [9.17, 15) is 0 Å². The molecule has 1 aromatic heterocycles. The number of benzene rings is 1. The first-order chi connectivity index (χ1) is 10.0. The zero-order chi connectivity index (χ0) is 15.4. The molecule has 2 aromatic rings. The van der Waals surface area contributed by atoms with E-state index in [1.807, 2.05) is 10.7 Å². The predicted molar refractivity (Wildman–Crippen MR) is 92.4 cm³/mol. The lowest BCUT2D eigenvalue weighted by Crippen LogP contribution is -2.25. The highest BCUT2D eigenvalue weighted by Gasteiger charge is 2.17. The molecule has 21 heavy (non-hydrogen) atoms. The standard InChI is InChI=1S/C15H20Br2N4/c1-4-18-14(11-5-12(16)7-13(17)6-11)8-15-19-9-20-21(15)10(2)3/h5-7,9-10,14,18H,4,8H2,1-3H3. The Kier molecular flexibility index (Phi) is 5.96. The van der Waals surface area contributed by atoms with Crippen LogP contribution in [0.4, 0.5) is 0 Å². The third-order valence-electron chi connectivity index (χ3n) is 3.26.